The lowest BCUT2D eigenvalue weighted by Crippen LogP contribution is -2.30. The molecule has 0 unspecified atom stereocenters. The standard InChI is InChI=1S/C21H26F2N2O3/c1-5-25(14(2)3)17-9-7-16(8-10-17)20(26)24-13-15-6-11-18(27-4)19(12-15)28-21(22)23/h6-12,14,21H,5,13H2,1-4H3,(H,24,26). The van der Waals surface area contributed by atoms with Gasteiger partial charge in [-0.2, -0.15) is 8.78 Å². The molecule has 0 atom stereocenters. The highest BCUT2D eigenvalue weighted by Gasteiger charge is 2.13. The first kappa shape index (κ1) is 21.5. The van der Waals surface area contributed by atoms with E-state index in [2.05, 4.69) is 35.7 Å². The van der Waals surface area contributed by atoms with Crippen LogP contribution in [-0.4, -0.2) is 32.2 Å². The minimum atomic E-state index is -2.95. The second kappa shape index (κ2) is 9.92. The van der Waals surface area contributed by atoms with Crippen LogP contribution in [0, 0.1) is 0 Å². The predicted molar refractivity (Wildman–Crippen MR) is 105 cm³/mol. The first-order valence-electron chi connectivity index (χ1n) is 9.12. The summed E-state index contributed by atoms with van der Waals surface area (Å²) in [5, 5.41) is 2.78. The van der Waals surface area contributed by atoms with Crippen molar-refractivity contribution >= 4 is 11.6 Å². The maximum absolute atomic E-state index is 12.5. The van der Waals surface area contributed by atoms with Crippen LogP contribution in [-0.2, 0) is 6.54 Å². The van der Waals surface area contributed by atoms with Gasteiger partial charge in [0.25, 0.3) is 5.91 Å². The lowest BCUT2D eigenvalue weighted by Gasteiger charge is -2.27. The third kappa shape index (κ3) is 5.58. The lowest BCUT2D eigenvalue weighted by molar-refractivity contribution is -0.0512. The van der Waals surface area contributed by atoms with Gasteiger partial charge in [0.05, 0.1) is 7.11 Å². The monoisotopic (exact) mass is 392 g/mol. The van der Waals surface area contributed by atoms with Crippen molar-refractivity contribution in [3.8, 4) is 11.5 Å². The Balaban J connectivity index is 2.04. The molecule has 0 spiro atoms. The zero-order chi connectivity index (χ0) is 20.7. The molecule has 2 aromatic rings. The van der Waals surface area contributed by atoms with Crippen LogP contribution in [0.2, 0.25) is 0 Å². The van der Waals surface area contributed by atoms with Gasteiger partial charge < -0.3 is 19.7 Å². The Bertz CT molecular complexity index is 780. The number of halogens is 2. The van der Waals surface area contributed by atoms with Crippen LogP contribution in [0.3, 0.4) is 0 Å². The van der Waals surface area contributed by atoms with Gasteiger partial charge in [0, 0.05) is 30.4 Å². The molecule has 2 rings (SSSR count). The van der Waals surface area contributed by atoms with Crippen molar-refractivity contribution in [1.82, 2.24) is 5.32 Å². The van der Waals surface area contributed by atoms with E-state index in [1.165, 1.54) is 19.2 Å². The summed E-state index contributed by atoms with van der Waals surface area (Å²) >= 11 is 0. The highest BCUT2D eigenvalue weighted by atomic mass is 19.3. The van der Waals surface area contributed by atoms with Gasteiger partial charge in [-0.05, 0) is 62.7 Å². The molecule has 0 saturated carbocycles. The number of carbonyl (C=O) groups is 1. The maximum Gasteiger partial charge on any atom is 0.387 e. The number of hydrogen-bond donors (Lipinski definition) is 1. The molecule has 1 N–H and O–H groups in total. The molecule has 7 heteroatoms. The number of anilines is 1. The molecular formula is C21H26F2N2O3. The van der Waals surface area contributed by atoms with Crippen LogP contribution in [0.4, 0.5) is 14.5 Å². The van der Waals surface area contributed by atoms with Crippen LogP contribution >= 0.6 is 0 Å². The Labute approximate surface area is 164 Å². The van der Waals surface area contributed by atoms with Crippen molar-refractivity contribution in [3.63, 3.8) is 0 Å². The minimum absolute atomic E-state index is 0.0676. The van der Waals surface area contributed by atoms with Crippen molar-refractivity contribution in [1.29, 1.82) is 0 Å². The normalized spacial score (nSPS) is 10.9. The van der Waals surface area contributed by atoms with Gasteiger partial charge in [-0.15, -0.1) is 0 Å². The Hall–Kier alpha value is -2.83. The SMILES string of the molecule is CCN(c1ccc(C(=O)NCc2ccc(OC)c(OC(F)F)c2)cc1)C(C)C. The zero-order valence-corrected chi connectivity index (χ0v) is 16.5. The van der Waals surface area contributed by atoms with Crippen molar-refractivity contribution in [2.75, 3.05) is 18.6 Å². The van der Waals surface area contributed by atoms with E-state index in [4.69, 9.17) is 4.74 Å². The molecule has 1 amide bonds. The number of rotatable bonds is 9. The molecule has 2 aromatic carbocycles. The summed E-state index contributed by atoms with van der Waals surface area (Å²) in [6.45, 7) is 4.42. The fraction of sp³-hybridized carbons (Fsp3) is 0.381. The van der Waals surface area contributed by atoms with Gasteiger partial charge in [-0.1, -0.05) is 6.07 Å². The number of nitrogens with one attached hydrogen (secondary N) is 1. The summed E-state index contributed by atoms with van der Waals surface area (Å²) in [5.41, 5.74) is 2.21. The van der Waals surface area contributed by atoms with E-state index >= 15 is 0 Å². The minimum Gasteiger partial charge on any atom is -0.493 e. The van der Waals surface area contributed by atoms with Crippen molar-refractivity contribution < 1.29 is 23.0 Å². The van der Waals surface area contributed by atoms with Gasteiger partial charge >= 0.3 is 6.61 Å². The largest absolute Gasteiger partial charge is 0.493 e. The molecule has 28 heavy (non-hydrogen) atoms. The first-order chi connectivity index (χ1) is 13.3. The van der Waals surface area contributed by atoms with Crippen molar-refractivity contribution in [2.45, 2.75) is 40.0 Å². The van der Waals surface area contributed by atoms with E-state index in [-0.39, 0.29) is 24.0 Å². The van der Waals surface area contributed by atoms with Gasteiger partial charge in [0.15, 0.2) is 11.5 Å². The van der Waals surface area contributed by atoms with Crippen molar-refractivity contribution in [2.24, 2.45) is 0 Å². The average Bonchev–Trinajstić information content (AvgIpc) is 2.66. The Kier molecular flexibility index (Phi) is 7.61. The number of alkyl halides is 2. The van der Waals surface area contributed by atoms with Crippen LogP contribution in [0.5, 0.6) is 11.5 Å². The Morgan fingerprint density at radius 1 is 1.11 bits per heavy atom. The summed E-state index contributed by atoms with van der Waals surface area (Å²) in [4.78, 5) is 14.6. The van der Waals surface area contributed by atoms with E-state index in [0.29, 0.717) is 17.2 Å². The second-order valence-corrected chi connectivity index (χ2v) is 6.47. The number of nitrogens with zero attached hydrogens (tertiary/aromatic N) is 1. The van der Waals surface area contributed by atoms with Crippen LogP contribution in [0.1, 0.15) is 36.7 Å². The highest BCUT2D eigenvalue weighted by Crippen LogP contribution is 2.29. The maximum atomic E-state index is 12.5. The Morgan fingerprint density at radius 3 is 2.32 bits per heavy atom. The predicted octanol–water partition coefficient (Wildman–Crippen LogP) is 4.46. The smallest absolute Gasteiger partial charge is 0.387 e. The van der Waals surface area contributed by atoms with Crippen LogP contribution < -0.4 is 19.7 Å². The van der Waals surface area contributed by atoms with Gasteiger partial charge in [0.1, 0.15) is 0 Å². The summed E-state index contributed by atoms with van der Waals surface area (Å²) in [6, 6.07) is 12.4. The number of ether oxygens (including phenoxy) is 2. The fourth-order valence-electron chi connectivity index (χ4n) is 2.95. The van der Waals surface area contributed by atoms with Gasteiger partial charge in [-0.3, -0.25) is 4.79 Å². The number of benzene rings is 2. The van der Waals surface area contributed by atoms with E-state index in [0.717, 1.165) is 12.2 Å². The van der Waals surface area contributed by atoms with Crippen LogP contribution in [0.25, 0.3) is 0 Å². The number of methoxy groups -OCH3 is 1. The second-order valence-electron chi connectivity index (χ2n) is 6.47. The average molecular weight is 392 g/mol. The number of carbonyl (C=O) groups excluding carboxylic acids is 1. The quantitative estimate of drug-likeness (QED) is 0.685. The molecule has 0 aliphatic heterocycles. The summed E-state index contributed by atoms with van der Waals surface area (Å²) < 4.78 is 34.5. The Morgan fingerprint density at radius 2 is 1.79 bits per heavy atom. The molecule has 0 radical (unpaired) electrons. The third-order valence-corrected chi connectivity index (χ3v) is 4.32. The first-order valence-corrected chi connectivity index (χ1v) is 9.12. The molecule has 5 nitrogen and oxygen atoms in total. The lowest BCUT2D eigenvalue weighted by atomic mass is 10.1. The topological polar surface area (TPSA) is 50.8 Å². The number of amides is 1. The third-order valence-electron chi connectivity index (χ3n) is 4.32. The molecule has 0 bridgehead atoms. The molecule has 0 aromatic heterocycles. The summed E-state index contributed by atoms with van der Waals surface area (Å²) in [6.07, 6.45) is 0. The molecule has 0 aliphatic rings. The molecule has 0 fully saturated rings. The molecule has 0 heterocycles. The molecule has 0 aliphatic carbocycles. The fourth-order valence-corrected chi connectivity index (χ4v) is 2.95. The number of hydrogen-bond acceptors (Lipinski definition) is 4. The molecular weight excluding hydrogens is 366 g/mol. The van der Waals surface area contributed by atoms with Gasteiger partial charge in [0.2, 0.25) is 0 Å². The molecule has 0 saturated heterocycles. The summed E-state index contributed by atoms with van der Waals surface area (Å²) in [5.74, 6) is -0.107. The summed E-state index contributed by atoms with van der Waals surface area (Å²) in [7, 11) is 1.37. The van der Waals surface area contributed by atoms with Gasteiger partial charge in [-0.25, -0.2) is 0 Å². The van der Waals surface area contributed by atoms with E-state index < -0.39 is 6.61 Å². The molecule has 152 valence electrons. The highest BCUT2D eigenvalue weighted by molar-refractivity contribution is 5.94. The van der Waals surface area contributed by atoms with Crippen LogP contribution in [0.15, 0.2) is 42.5 Å². The van der Waals surface area contributed by atoms with E-state index in [9.17, 15) is 13.6 Å². The van der Waals surface area contributed by atoms with E-state index in [1.54, 1.807) is 18.2 Å². The van der Waals surface area contributed by atoms with E-state index in [1.807, 2.05) is 12.1 Å². The zero-order valence-electron chi connectivity index (χ0n) is 16.5. The van der Waals surface area contributed by atoms with Crippen molar-refractivity contribution in [3.05, 3.63) is 53.6 Å².